The number of hydrogen-bond acceptors (Lipinski definition) is 4. The van der Waals surface area contributed by atoms with E-state index in [0.717, 1.165) is 26.1 Å². The van der Waals surface area contributed by atoms with Crippen LogP contribution in [0.3, 0.4) is 0 Å². The topological polar surface area (TPSA) is 71.9 Å². The molecular weight excluding hydrogens is 372 g/mol. The lowest BCUT2D eigenvalue weighted by Gasteiger charge is -2.06. The van der Waals surface area contributed by atoms with E-state index >= 15 is 0 Å². The number of nitrogens with one attached hydrogen (secondary N) is 1. The van der Waals surface area contributed by atoms with E-state index in [1.54, 1.807) is 18.2 Å². The van der Waals surface area contributed by atoms with E-state index in [1.807, 2.05) is 50.2 Å². The molecule has 0 aliphatic heterocycles. The molecule has 0 aliphatic rings. The molecule has 4 rings (SSSR count). The van der Waals surface area contributed by atoms with Crippen LogP contribution in [0.15, 0.2) is 64.2 Å². The largest absolute Gasteiger partial charge is 0.329 e. The van der Waals surface area contributed by atoms with E-state index in [4.69, 9.17) is 0 Å². The number of H-pyrrole nitrogens is 1. The van der Waals surface area contributed by atoms with Crippen LogP contribution >= 0.6 is 11.3 Å². The van der Waals surface area contributed by atoms with Gasteiger partial charge in [0.2, 0.25) is 0 Å². The van der Waals surface area contributed by atoms with Crippen LogP contribution in [0.4, 0.5) is 0 Å². The van der Waals surface area contributed by atoms with Crippen molar-refractivity contribution in [3.8, 4) is 10.4 Å². The third kappa shape index (κ3) is 3.23. The molecule has 0 amide bonds. The summed E-state index contributed by atoms with van der Waals surface area (Å²) < 4.78 is 0.974. The fraction of sp³-hybridized carbons (Fsp3) is 0.136. The highest BCUT2D eigenvalue weighted by molar-refractivity contribution is 7.21. The molecule has 2 aromatic heterocycles. The number of ketones is 1. The van der Waals surface area contributed by atoms with Gasteiger partial charge >= 0.3 is 5.69 Å². The molecule has 1 N–H and O–H groups in total. The Bertz CT molecular complexity index is 1310. The molecule has 0 fully saturated rings. The van der Waals surface area contributed by atoms with E-state index in [0.29, 0.717) is 15.8 Å². The van der Waals surface area contributed by atoms with E-state index in [9.17, 15) is 14.4 Å². The number of benzene rings is 2. The number of aryl methyl sites for hydroxylation is 2. The van der Waals surface area contributed by atoms with Crippen LogP contribution in [0.25, 0.3) is 20.7 Å². The van der Waals surface area contributed by atoms with Crippen molar-refractivity contribution in [2.75, 3.05) is 0 Å². The van der Waals surface area contributed by atoms with Gasteiger partial charge in [-0.15, -0.1) is 11.3 Å². The number of carbonyl (C=O) groups is 1. The summed E-state index contributed by atoms with van der Waals surface area (Å²) in [5.41, 5.74) is 2.52. The Balaban J connectivity index is 1.75. The zero-order valence-corrected chi connectivity index (χ0v) is 16.3. The number of aromatic nitrogens is 2. The van der Waals surface area contributed by atoms with Crippen LogP contribution in [0.5, 0.6) is 0 Å². The molecule has 0 saturated carbocycles. The lowest BCUT2D eigenvalue weighted by atomic mass is 10.0. The van der Waals surface area contributed by atoms with Crippen LogP contribution in [-0.4, -0.2) is 15.3 Å². The van der Waals surface area contributed by atoms with E-state index in [-0.39, 0.29) is 12.3 Å². The fourth-order valence-corrected chi connectivity index (χ4v) is 4.13. The Morgan fingerprint density at radius 2 is 1.75 bits per heavy atom. The smallest absolute Gasteiger partial charge is 0.298 e. The second kappa shape index (κ2) is 7.05. The standard InChI is InChI=1S/C22H18N2O3S/c1-13-8-9-16(10-14(13)2)18(25)12-24-21(26)17-11-19(15-6-4-3-5-7-15)28-20(17)23-22(24)27/h3-11H,12H2,1-2H3,(H,23,27). The second-order valence-corrected chi connectivity index (χ2v) is 7.82. The molecule has 0 aliphatic carbocycles. The highest BCUT2D eigenvalue weighted by Gasteiger charge is 2.16. The zero-order chi connectivity index (χ0) is 19.8. The van der Waals surface area contributed by atoms with Gasteiger partial charge in [0, 0.05) is 10.4 Å². The molecule has 2 heterocycles. The summed E-state index contributed by atoms with van der Waals surface area (Å²) in [4.78, 5) is 42.1. The molecule has 6 heteroatoms. The Labute approximate surface area is 164 Å². The fourth-order valence-electron chi connectivity index (χ4n) is 3.08. The van der Waals surface area contributed by atoms with Crippen molar-refractivity contribution < 1.29 is 4.79 Å². The van der Waals surface area contributed by atoms with Crippen molar-refractivity contribution in [1.82, 2.24) is 9.55 Å². The first-order valence-electron chi connectivity index (χ1n) is 8.86. The van der Waals surface area contributed by atoms with Crippen molar-refractivity contribution in [2.24, 2.45) is 0 Å². The summed E-state index contributed by atoms with van der Waals surface area (Å²) in [6.45, 7) is 3.60. The molecule has 140 valence electrons. The van der Waals surface area contributed by atoms with Crippen LogP contribution < -0.4 is 11.2 Å². The van der Waals surface area contributed by atoms with Gasteiger partial charge in [-0.25, -0.2) is 4.79 Å². The SMILES string of the molecule is Cc1ccc(C(=O)Cn2c(=O)[nH]c3sc(-c4ccccc4)cc3c2=O)cc1C. The van der Waals surface area contributed by atoms with E-state index < -0.39 is 11.2 Å². The maximum absolute atomic E-state index is 12.9. The Kier molecular flexibility index (Phi) is 4.57. The quantitative estimate of drug-likeness (QED) is 0.537. The average Bonchev–Trinajstić information content (AvgIpc) is 3.12. The zero-order valence-electron chi connectivity index (χ0n) is 15.5. The van der Waals surface area contributed by atoms with Gasteiger partial charge in [-0.2, -0.15) is 0 Å². The number of aromatic amines is 1. The minimum Gasteiger partial charge on any atom is -0.298 e. The Morgan fingerprint density at radius 3 is 2.46 bits per heavy atom. The van der Waals surface area contributed by atoms with E-state index in [1.165, 1.54) is 11.3 Å². The lowest BCUT2D eigenvalue weighted by Crippen LogP contribution is -2.36. The molecule has 4 aromatic rings. The molecule has 0 spiro atoms. The second-order valence-electron chi connectivity index (χ2n) is 6.76. The number of rotatable bonds is 4. The molecule has 0 bridgehead atoms. The third-order valence-electron chi connectivity index (χ3n) is 4.86. The molecular formula is C22H18N2O3S. The van der Waals surface area contributed by atoms with Crippen LogP contribution in [0.1, 0.15) is 21.5 Å². The van der Waals surface area contributed by atoms with Gasteiger partial charge in [-0.3, -0.25) is 19.1 Å². The number of hydrogen-bond donors (Lipinski definition) is 1. The molecule has 5 nitrogen and oxygen atoms in total. The summed E-state index contributed by atoms with van der Waals surface area (Å²) in [6.07, 6.45) is 0. The number of fused-ring (bicyclic) bond motifs is 1. The predicted molar refractivity (Wildman–Crippen MR) is 112 cm³/mol. The molecule has 28 heavy (non-hydrogen) atoms. The molecule has 0 atom stereocenters. The minimum atomic E-state index is -0.573. The number of thiophene rings is 1. The van der Waals surface area contributed by atoms with Gasteiger partial charge in [-0.1, -0.05) is 42.5 Å². The number of nitrogens with zero attached hydrogens (tertiary/aromatic N) is 1. The predicted octanol–water partition coefficient (Wildman–Crippen LogP) is 3.92. The number of Topliss-reactive ketones (excluding diaryl/α,β-unsaturated/α-hetero) is 1. The lowest BCUT2D eigenvalue weighted by molar-refractivity contribution is 0.0969. The van der Waals surface area contributed by atoms with Gasteiger partial charge in [0.1, 0.15) is 4.83 Å². The third-order valence-corrected chi connectivity index (χ3v) is 5.96. The molecule has 2 aromatic carbocycles. The average molecular weight is 390 g/mol. The van der Waals surface area contributed by atoms with Crippen molar-refractivity contribution in [3.63, 3.8) is 0 Å². The van der Waals surface area contributed by atoms with E-state index in [2.05, 4.69) is 4.98 Å². The normalized spacial score (nSPS) is 11.1. The van der Waals surface area contributed by atoms with Gasteiger partial charge in [0.15, 0.2) is 5.78 Å². The first-order chi connectivity index (χ1) is 13.4. The first-order valence-corrected chi connectivity index (χ1v) is 9.68. The molecule has 0 saturated heterocycles. The summed E-state index contributed by atoms with van der Waals surface area (Å²) >= 11 is 1.35. The van der Waals surface area contributed by atoms with Crippen molar-refractivity contribution in [1.29, 1.82) is 0 Å². The van der Waals surface area contributed by atoms with Gasteiger partial charge in [0.05, 0.1) is 11.9 Å². The monoisotopic (exact) mass is 390 g/mol. The molecule has 0 radical (unpaired) electrons. The molecule has 0 unspecified atom stereocenters. The van der Waals surface area contributed by atoms with Gasteiger partial charge < -0.3 is 0 Å². The highest BCUT2D eigenvalue weighted by Crippen LogP contribution is 2.30. The van der Waals surface area contributed by atoms with Crippen LogP contribution in [-0.2, 0) is 6.54 Å². The van der Waals surface area contributed by atoms with Crippen molar-refractivity contribution in [2.45, 2.75) is 20.4 Å². The van der Waals surface area contributed by atoms with Gasteiger partial charge in [-0.05, 0) is 42.7 Å². The highest BCUT2D eigenvalue weighted by atomic mass is 32.1. The van der Waals surface area contributed by atoms with Crippen molar-refractivity contribution >= 4 is 27.3 Å². The van der Waals surface area contributed by atoms with Crippen LogP contribution in [0.2, 0.25) is 0 Å². The Hall–Kier alpha value is -3.25. The van der Waals surface area contributed by atoms with Gasteiger partial charge in [0.25, 0.3) is 5.56 Å². The van der Waals surface area contributed by atoms with Crippen molar-refractivity contribution in [3.05, 3.63) is 92.1 Å². The number of carbonyl (C=O) groups excluding carboxylic acids is 1. The summed E-state index contributed by atoms with van der Waals surface area (Å²) in [5.74, 6) is -0.270. The van der Waals surface area contributed by atoms with Crippen LogP contribution in [0, 0.1) is 13.8 Å². The Morgan fingerprint density at radius 1 is 1.00 bits per heavy atom. The summed E-state index contributed by atoms with van der Waals surface area (Å²) in [7, 11) is 0. The maximum Gasteiger partial charge on any atom is 0.329 e. The maximum atomic E-state index is 12.9. The summed E-state index contributed by atoms with van der Waals surface area (Å²) in [6, 6.07) is 16.8. The summed E-state index contributed by atoms with van der Waals surface area (Å²) in [5, 5.41) is 0.413. The minimum absolute atomic E-state index is 0.270. The first kappa shape index (κ1) is 18.1.